The maximum atomic E-state index is 12.9. The molecule has 0 saturated carbocycles. The molecule has 2 rings (SSSR count). The number of rotatable bonds is 14. The van der Waals surface area contributed by atoms with Gasteiger partial charge in [0.05, 0.1) is 18.7 Å². The molecule has 228 valence electrons. The van der Waals surface area contributed by atoms with Crippen molar-refractivity contribution in [3.63, 3.8) is 0 Å². The molecule has 1 aromatic carbocycles. The lowest BCUT2D eigenvalue weighted by Crippen LogP contribution is -2.47. The lowest BCUT2D eigenvalue weighted by molar-refractivity contribution is -0.142. The van der Waals surface area contributed by atoms with E-state index in [9.17, 15) is 38.5 Å². The van der Waals surface area contributed by atoms with E-state index in [2.05, 4.69) is 10.6 Å². The molecule has 0 aromatic heterocycles. The molecule has 41 heavy (non-hydrogen) atoms. The van der Waals surface area contributed by atoms with E-state index in [1.807, 2.05) is 0 Å². The van der Waals surface area contributed by atoms with Crippen molar-refractivity contribution in [2.45, 2.75) is 64.5 Å². The Morgan fingerprint density at radius 2 is 1.78 bits per heavy atom. The smallest absolute Gasteiger partial charge is 0.408 e. The number of alkyl carbamates (subject to hydrolysis) is 1. The van der Waals surface area contributed by atoms with Gasteiger partial charge in [-0.05, 0) is 64.2 Å². The number of carbonyl (C=O) groups excluding carboxylic acids is 3. The highest BCUT2D eigenvalue weighted by Crippen LogP contribution is 2.44. The number of nitrogens with one attached hydrogen (secondary N) is 2. The molecule has 1 saturated heterocycles. The highest BCUT2D eigenvalue weighted by atomic mass is 31.2. The van der Waals surface area contributed by atoms with Gasteiger partial charge in [-0.2, -0.15) is 0 Å². The van der Waals surface area contributed by atoms with Crippen LogP contribution in [0.4, 0.5) is 10.5 Å². The van der Waals surface area contributed by atoms with Gasteiger partial charge in [0.25, 0.3) is 0 Å². The third-order valence-corrected chi connectivity index (χ3v) is 7.56. The predicted octanol–water partition coefficient (Wildman–Crippen LogP) is 2.45. The quantitative estimate of drug-likeness (QED) is 0.196. The summed E-state index contributed by atoms with van der Waals surface area (Å²) in [7, 11) is -4.27. The van der Waals surface area contributed by atoms with Crippen molar-refractivity contribution in [1.82, 2.24) is 10.2 Å². The molecule has 14 nitrogen and oxygen atoms in total. The number of aliphatic carboxylic acids is 2. The maximum absolute atomic E-state index is 12.9. The summed E-state index contributed by atoms with van der Waals surface area (Å²) in [4.78, 5) is 70.7. The summed E-state index contributed by atoms with van der Waals surface area (Å²) in [5, 5.41) is 23.1. The minimum absolute atomic E-state index is 0.179. The number of amides is 3. The molecule has 1 aliphatic rings. The Morgan fingerprint density at radius 1 is 1.12 bits per heavy atom. The monoisotopic (exact) mass is 599 g/mol. The number of likely N-dealkylation sites (tertiary alicyclic amines) is 1. The minimum atomic E-state index is -4.27. The van der Waals surface area contributed by atoms with Crippen LogP contribution in [-0.2, 0) is 39.4 Å². The molecule has 5 N–H and O–H groups in total. The number of hydrogen-bond donors (Lipinski definition) is 5. The van der Waals surface area contributed by atoms with E-state index in [1.165, 1.54) is 4.90 Å². The van der Waals surface area contributed by atoms with Crippen molar-refractivity contribution in [1.29, 1.82) is 0 Å². The van der Waals surface area contributed by atoms with Crippen molar-refractivity contribution in [2.24, 2.45) is 5.92 Å². The zero-order valence-corrected chi connectivity index (χ0v) is 24.2. The van der Waals surface area contributed by atoms with Crippen LogP contribution in [-0.4, -0.2) is 87.4 Å². The van der Waals surface area contributed by atoms with Crippen molar-refractivity contribution in [3.05, 3.63) is 29.8 Å². The highest BCUT2D eigenvalue weighted by Gasteiger charge is 2.34. The topological polar surface area (TPSA) is 209 Å². The Kier molecular flexibility index (Phi) is 12.3. The van der Waals surface area contributed by atoms with Crippen LogP contribution in [0.15, 0.2) is 24.3 Å². The van der Waals surface area contributed by atoms with Gasteiger partial charge in [-0.1, -0.05) is 12.1 Å². The van der Waals surface area contributed by atoms with Crippen LogP contribution < -0.4 is 10.6 Å². The summed E-state index contributed by atoms with van der Waals surface area (Å²) in [5.41, 5.74) is 0.485. The van der Waals surface area contributed by atoms with E-state index in [1.54, 1.807) is 45.0 Å². The molecule has 0 bridgehead atoms. The van der Waals surface area contributed by atoms with Crippen molar-refractivity contribution in [3.8, 4) is 0 Å². The summed E-state index contributed by atoms with van der Waals surface area (Å²) in [6.07, 6.45) is -0.823. The van der Waals surface area contributed by atoms with E-state index in [-0.39, 0.29) is 31.9 Å². The fourth-order valence-electron chi connectivity index (χ4n) is 4.11. The molecule has 3 amide bonds. The molecule has 0 spiro atoms. The minimum Gasteiger partial charge on any atom is -0.481 e. The normalized spacial score (nSPS) is 17.3. The first-order valence-corrected chi connectivity index (χ1v) is 14.9. The maximum Gasteiger partial charge on any atom is 0.408 e. The van der Waals surface area contributed by atoms with Gasteiger partial charge in [-0.15, -0.1) is 0 Å². The van der Waals surface area contributed by atoms with Crippen LogP contribution in [0.1, 0.15) is 52.0 Å². The van der Waals surface area contributed by atoms with Crippen LogP contribution in [0.3, 0.4) is 0 Å². The standard InChI is InChI=1S/C26H38N3O11P/c1-26(2,3)40-25(36)27-15-21(30)29-13-4-5-20(29)23(33)28-19-9-6-17(7-10-19)12-14-39-41(37,38)16-18(24(34)35)8-11-22(31)32/h6-7,9-10,18,20H,4-5,8,11-16H2,1-3H3,(H,27,36)(H,28,33)(H,31,32)(H,34,35)(H,37,38)/t18-,20+/m1/s1. The van der Waals surface area contributed by atoms with E-state index >= 15 is 0 Å². The van der Waals surface area contributed by atoms with Gasteiger partial charge in [0.15, 0.2) is 0 Å². The SMILES string of the molecule is CC(C)(C)OC(=O)NCC(=O)N1CCC[C@H]1C(=O)Nc1ccc(CCOP(=O)(O)C[C@@H](CCC(=O)O)C(=O)O)cc1. The number of carbonyl (C=O) groups is 5. The molecule has 0 aliphatic carbocycles. The molecular weight excluding hydrogens is 561 g/mol. The number of hydrogen-bond acceptors (Lipinski definition) is 8. The Morgan fingerprint density at radius 3 is 2.37 bits per heavy atom. The van der Waals surface area contributed by atoms with Gasteiger partial charge in [0.1, 0.15) is 18.2 Å². The fourth-order valence-corrected chi connectivity index (χ4v) is 5.49. The average Bonchev–Trinajstić information content (AvgIpc) is 3.35. The predicted molar refractivity (Wildman–Crippen MR) is 146 cm³/mol. The van der Waals surface area contributed by atoms with E-state index in [0.29, 0.717) is 25.1 Å². The van der Waals surface area contributed by atoms with Gasteiger partial charge in [0.2, 0.25) is 11.8 Å². The second-order valence-electron chi connectivity index (χ2n) is 10.7. The number of benzene rings is 1. The number of ether oxygens (including phenoxy) is 1. The van der Waals surface area contributed by atoms with E-state index in [0.717, 1.165) is 5.56 Å². The Hall–Kier alpha value is -3.48. The van der Waals surface area contributed by atoms with Crippen LogP contribution in [0.2, 0.25) is 0 Å². The van der Waals surface area contributed by atoms with E-state index < -0.39 is 61.7 Å². The fraction of sp³-hybridized carbons (Fsp3) is 0.577. The van der Waals surface area contributed by atoms with Crippen LogP contribution >= 0.6 is 7.60 Å². The average molecular weight is 600 g/mol. The molecule has 15 heteroatoms. The second-order valence-corrected chi connectivity index (χ2v) is 12.6. The molecule has 1 unspecified atom stereocenters. The molecule has 0 radical (unpaired) electrons. The number of anilines is 1. The van der Waals surface area contributed by atoms with Crippen LogP contribution in [0.5, 0.6) is 0 Å². The largest absolute Gasteiger partial charge is 0.481 e. The summed E-state index contributed by atoms with van der Waals surface area (Å²) in [6.45, 7) is 5.02. The first-order chi connectivity index (χ1) is 19.1. The number of carboxylic acids is 2. The van der Waals surface area contributed by atoms with Gasteiger partial charge in [0, 0.05) is 18.7 Å². The number of nitrogens with zero attached hydrogens (tertiary/aromatic N) is 1. The molecule has 3 atom stereocenters. The van der Waals surface area contributed by atoms with Crippen LogP contribution in [0, 0.1) is 5.92 Å². The Bertz CT molecular complexity index is 1150. The zero-order chi connectivity index (χ0) is 30.8. The van der Waals surface area contributed by atoms with Gasteiger partial charge in [-0.3, -0.25) is 23.7 Å². The van der Waals surface area contributed by atoms with Gasteiger partial charge >= 0.3 is 25.6 Å². The van der Waals surface area contributed by atoms with Gasteiger partial charge in [-0.25, -0.2) is 4.79 Å². The van der Waals surface area contributed by atoms with Crippen molar-refractivity contribution < 1.29 is 52.9 Å². The molecule has 1 heterocycles. The summed E-state index contributed by atoms with van der Waals surface area (Å²) >= 11 is 0. The number of carboxylic acid groups (broad SMARTS) is 2. The molecule has 1 aromatic rings. The third kappa shape index (κ3) is 12.3. The lowest BCUT2D eigenvalue weighted by Gasteiger charge is -2.25. The Balaban J connectivity index is 1.83. The van der Waals surface area contributed by atoms with E-state index in [4.69, 9.17) is 14.4 Å². The van der Waals surface area contributed by atoms with Crippen molar-refractivity contribution in [2.75, 3.05) is 31.2 Å². The molecule has 1 fully saturated rings. The summed E-state index contributed by atoms with van der Waals surface area (Å²) < 4.78 is 22.4. The zero-order valence-electron chi connectivity index (χ0n) is 23.3. The Labute approximate surface area is 237 Å². The van der Waals surface area contributed by atoms with Crippen LogP contribution in [0.25, 0.3) is 0 Å². The summed E-state index contributed by atoms with van der Waals surface area (Å²) in [5.74, 6) is -4.67. The highest BCUT2D eigenvalue weighted by molar-refractivity contribution is 7.52. The molecule has 1 aliphatic heterocycles. The lowest BCUT2D eigenvalue weighted by atomic mass is 10.1. The van der Waals surface area contributed by atoms with Gasteiger partial charge < -0.3 is 39.9 Å². The van der Waals surface area contributed by atoms with Crippen molar-refractivity contribution >= 4 is 43.1 Å². The second kappa shape index (κ2) is 14.9. The third-order valence-electron chi connectivity index (χ3n) is 6.07. The first-order valence-electron chi connectivity index (χ1n) is 13.1. The summed E-state index contributed by atoms with van der Waals surface area (Å²) in [6, 6.07) is 5.92. The first kappa shape index (κ1) is 33.7. The molecular formula is C26H38N3O11P.